The Hall–Kier alpha value is -1.84. The Labute approximate surface area is 134 Å². The second-order valence-electron chi connectivity index (χ2n) is 5.18. The van der Waals surface area contributed by atoms with Gasteiger partial charge in [0, 0.05) is 19.2 Å². The summed E-state index contributed by atoms with van der Waals surface area (Å²) >= 11 is 0. The molecule has 2 N–H and O–H groups in total. The molecule has 128 valence electrons. The lowest BCUT2D eigenvalue weighted by atomic mass is 9.96. The van der Waals surface area contributed by atoms with Crippen LogP contribution in [0.4, 0.5) is 0 Å². The molecule has 8 nitrogen and oxygen atoms in total. The molecular formula is C14H19NO7S. The maximum absolute atomic E-state index is 12.7. The predicted octanol–water partition coefficient (Wildman–Crippen LogP) is 0.160. The van der Waals surface area contributed by atoms with E-state index in [4.69, 9.17) is 14.6 Å². The number of aliphatic carboxylic acids is 1. The smallest absolute Gasteiger partial charge is 0.310 e. The fourth-order valence-corrected chi connectivity index (χ4v) is 3.99. The minimum absolute atomic E-state index is 0.0179. The summed E-state index contributed by atoms with van der Waals surface area (Å²) in [7, 11) is -1.05. The first-order chi connectivity index (χ1) is 10.8. The van der Waals surface area contributed by atoms with E-state index in [1.165, 1.54) is 32.4 Å². The largest absolute Gasteiger partial charge is 0.493 e. The number of aliphatic hydroxyl groups excluding tert-OH is 1. The molecule has 0 spiro atoms. The minimum atomic E-state index is -3.89. The Bertz CT molecular complexity index is 688. The average molecular weight is 345 g/mol. The predicted molar refractivity (Wildman–Crippen MR) is 80.1 cm³/mol. The second kappa shape index (κ2) is 6.73. The van der Waals surface area contributed by atoms with E-state index < -0.39 is 28.0 Å². The Morgan fingerprint density at radius 3 is 2.48 bits per heavy atom. The molecule has 1 aromatic rings. The van der Waals surface area contributed by atoms with E-state index in [-0.39, 0.29) is 30.2 Å². The highest BCUT2D eigenvalue weighted by Gasteiger charge is 2.38. The highest BCUT2D eigenvalue weighted by Crippen LogP contribution is 2.32. The van der Waals surface area contributed by atoms with E-state index in [0.29, 0.717) is 5.75 Å². The van der Waals surface area contributed by atoms with Crippen molar-refractivity contribution in [2.75, 3.05) is 27.3 Å². The highest BCUT2D eigenvalue weighted by atomic mass is 32.2. The van der Waals surface area contributed by atoms with Crippen molar-refractivity contribution < 1.29 is 32.9 Å². The number of nitrogens with zero attached hydrogens (tertiary/aromatic N) is 1. The van der Waals surface area contributed by atoms with Crippen molar-refractivity contribution in [1.82, 2.24) is 4.31 Å². The molecule has 0 aliphatic carbocycles. The first-order valence-electron chi connectivity index (χ1n) is 6.94. The van der Waals surface area contributed by atoms with E-state index in [0.717, 1.165) is 4.31 Å². The molecule has 1 heterocycles. The quantitative estimate of drug-likeness (QED) is 0.781. The summed E-state index contributed by atoms with van der Waals surface area (Å²) in [6.45, 7) is -0.213. The monoisotopic (exact) mass is 345 g/mol. The van der Waals surface area contributed by atoms with Gasteiger partial charge < -0.3 is 19.7 Å². The fourth-order valence-electron chi connectivity index (χ4n) is 2.50. The van der Waals surface area contributed by atoms with Crippen molar-refractivity contribution in [2.24, 2.45) is 5.92 Å². The van der Waals surface area contributed by atoms with Gasteiger partial charge in [0.2, 0.25) is 10.0 Å². The number of hydrogen-bond acceptors (Lipinski definition) is 6. The van der Waals surface area contributed by atoms with Crippen LogP contribution in [0, 0.1) is 5.92 Å². The number of hydrogen-bond donors (Lipinski definition) is 2. The van der Waals surface area contributed by atoms with Gasteiger partial charge in [-0.3, -0.25) is 4.79 Å². The molecule has 0 saturated carbocycles. The van der Waals surface area contributed by atoms with Crippen molar-refractivity contribution in [3.8, 4) is 11.5 Å². The maximum atomic E-state index is 12.7. The van der Waals surface area contributed by atoms with Crippen LogP contribution in [0.2, 0.25) is 0 Å². The summed E-state index contributed by atoms with van der Waals surface area (Å²) < 4.78 is 36.6. The van der Waals surface area contributed by atoms with Crippen LogP contribution in [0.1, 0.15) is 6.42 Å². The first-order valence-corrected chi connectivity index (χ1v) is 8.38. The lowest BCUT2D eigenvalue weighted by Gasteiger charge is -2.33. The van der Waals surface area contributed by atoms with E-state index in [9.17, 15) is 18.3 Å². The normalized spacial score (nSPS) is 22.6. The third kappa shape index (κ3) is 3.41. The van der Waals surface area contributed by atoms with E-state index in [1.54, 1.807) is 0 Å². The number of ether oxygens (including phenoxy) is 2. The zero-order valence-corrected chi connectivity index (χ0v) is 13.6. The number of sulfonamides is 1. The molecule has 2 rings (SSSR count). The second-order valence-corrected chi connectivity index (χ2v) is 7.12. The molecule has 1 aromatic carbocycles. The summed E-state index contributed by atoms with van der Waals surface area (Å²) in [5.41, 5.74) is 0. The van der Waals surface area contributed by atoms with Gasteiger partial charge in [-0.25, -0.2) is 8.42 Å². The molecule has 1 aliphatic rings. The van der Waals surface area contributed by atoms with Gasteiger partial charge in [0.05, 0.1) is 31.1 Å². The third-order valence-corrected chi connectivity index (χ3v) is 5.71. The number of rotatable bonds is 5. The molecule has 1 aliphatic heterocycles. The SMILES string of the molecule is COc1ccc(S(=O)(=O)N2CC[C@@H](O)[C@@H](C(=O)O)C2)cc1OC. The number of piperidine rings is 1. The zero-order chi connectivity index (χ0) is 17.2. The van der Waals surface area contributed by atoms with Gasteiger partial charge in [0.25, 0.3) is 0 Å². The van der Waals surface area contributed by atoms with Gasteiger partial charge in [-0.1, -0.05) is 0 Å². The van der Waals surface area contributed by atoms with Crippen LogP contribution in [0.3, 0.4) is 0 Å². The molecule has 0 unspecified atom stereocenters. The van der Waals surface area contributed by atoms with Crippen LogP contribution >= 0.6 is 0 Å². The number of methoxy groups -OCH3 is 2. The number of aliphatic hydroxyl groups is 1. The number of carbonyl (C=O) groups is 1. The van der Waals surface area contributed by atoms with Gasteiger partial charge in [0.15, 0.2) is 11.5 Å². The van der Waals surface area contributed by atoms with Crippen LogP contribution in [-0.4, -0.2) is 62.3 Å². The van der Waals surface area contributed by atoms with Crippen molar-refractivity contribution in [3.63, 3.8) is 0 Å². The van der Waals surface area contributed by atoms with Gasteiger partial charge in [-0.15, -0.1) is 0 Å². The molecule has 9 heteroatoms. The van der Waals surface area contributed by atoms with Crippen LogP contribution < -0.4 is 9.47 Å². The summed E-state index contributed by atoms with van der Waals surface area (Å²) in [5.74, 6) is -1.70. The van der Waals surface area contributed by atoms with Gasteiger partial charge >= 0.3 is 5.97 Å². The Morgan fingerprint density at radius 2 is 1.91 bits per heavy atom. The standard InChI is InChI=1S/C14H19NO7S/c1-21-12-4-3-9(7-13(12)22-2)23(19,20)15-6-5-11(16)10(8-15)14(17)18/h3-4,7,10-11,16H,5-6,8H2,1-2H3,(H,17,18)/t10-,11+/m0/s1. The van der Waals surface area contributed by atoms with Crippen LogP contribution in [-0.2, 0) is 14.8 Å². The molecular weight excluding hydrogens is 326 g/mol. The van der Waals surface area contributed by atoms with Crippen molar-refractivity contribution in [3.05, 3.63) is 18.2 Å². The molecule has 2 atom stereocenters. The molecule has 23 heavy (non-hydrogen) atoms. The highest BCUT2D eigenvalue weighted by molar-refractivity contribution is 7.89. The number of carboxylic acids is 1. The molecule has 0 aromatic heterocycles. The Morgan fingerprint density at radius 1 is 1.26 bits per heavy atom. The Kier molecular flexibility index (Phi) is 5.12. The molecule has 1 fully saturated rings. The molecule has 0 amide bonds. The van der Waals surface area contributed by atoms with E-state index in [1.807, 2.05) is 0 Å². The molecule has 0 bridgehead atoms. The van der Waals surface area contributed by atoms with E-state index in [2.05, 4.69) is 0 Å². The van der Waals surface area contributed by atoms with Crippen LogP contribution in [0.5, 0.6) is 11.5 Å². The lowest BCUT2D eigenvalue weighted by Crippen LogP contribution is -2.48. The van der Waals surface area contributed by atoms with Crippen molar-refractivity contribution in [2.45, 2.75) is 17.4 Å². The zero-order valence-electron chi connectivity index (χ0n) is 12.8. The van der Waals surface area contributed by atoms with Crippen molar-refractivity contribution in [1.29, 1.82) is 0 Å². The van der Waals surface area contributed by atoms with E-state index >= 15 is 0 Å². The molecule has 0 radical (unpaired) electrons. The van der Waals surface area contributed by atoms with Crippen molar-refractivity contribution >= 4 is 16.0 Å². The lowest BCUT2D eigenvalue weighted by molar-refractivity contribution is -0.147. The topological polar surface area (TPSA) is 113 Å². The van der Waals surface area contributed by atoms with Gasteiger partial charge in [-0.2, -0.15) is 4.31 Å². The summed E-state index contributed by atoms with van der Waals surface area (Å²) in [5, 5.41) is 18.8. The fraction of sp³-hybridized carbons (Fsp3) is 0.500. The van der Waals surface area contributed by atoms with Gasteiger partial charge in [0.1, 0.15) is 0 Å². The average Bonchev–Trinajstić information content (AvgIpc) is 2.53. The maximum Gasteiger partial charge on any atom is 0.310 e. The van der Waals surface area contributed by atoms with Gasteiger partial charge in [-0.05, 0) is 18.6 Å². The van der Waals surface area contributed by atoms with Crippen LogP contribution in [0.25, 0.3) is 0 Å². The van der Waals surface area contributed by atoms with Crippen LogP contribution in [0.15, 0.2) is 23.1 Å². The minimum Gasteiger partial charge on any atom is -0.493 e. The Balaban J connectivity index is 2.33. The number of benzene rings is 1. The summed E-state index contributed by atoms with van der Waals surface area (Å²) in [4.78, 5) is 11.1. The first kappa shape index (κ1) is 17.5. The molecule has 1 saturated heterocycles. The summed E-state index contributed by atoms with van der Waals surface area (Å²) in [6, 6.07) is 4.17. The number of carboxylic acid groups (broad SMARTS) is 1. The third-order valence-electron chi connectivity index (χ3n) is 3.85. The summed E-state index contributed by atoms with van der Waals surface area (Å²) in [6.07, 6.45) is -0.979.